The van der Waals surface area contributed by atoms with Crippen molar-refractivity contribution in [2.24, 2.45) is 5.92 Å². The third kappa shape index (κ3) is 6.00. The first kappa shape index (κ1) is 29.1. The van der Waals surface area contributed by atoms with Crippen LogP contribution in [0.3, 0.4) is 0 Å². The summed E-state index contributed by atoms with van der Waals surface area (Å²) >= 11 is 0. The molecule has 11 heteroatoms. The van der Waals surface area contributed by atoms with Crippen molar-refractivity contribution in [3.05, 3.63) is 75.5 Å². The number of halogens is 1. The summed E-state index contributed by atoms with van der Waals surface area (Å²) in [7, 11) is 0. The fraction of sp³-hybridized carbons (Fsp3) is 0.515. The molecule has 2 amide bonds. The Balaban J connectivity index is 0.905. The van der Waals surface area contributed by atoms with Crippen LogP contribution in [0.1, 0.15) is 47.3 Å². The standard InChI is InChI=1S/C33H39FN6O4/c34-28-6-5-21(16-29-25-3-1-2-4-26(25)32(42)37-36-29)15-27(28)33(43)40-13-11-39(12-14-40)31(41)20-38-9-7-24(8-10-38)44-30-18-23-17-22(30)19-35-23/h1-6,15,22-24,30,35H,7-14,16-20H2,(H,37,42)/t22?,23-,30-/m0/s1. The number of carbonyl (C=O) groups is 2. The van der Waals surface area contributed by atoms with Crippen molar-refractivity contribution in [1.29, 1.82) is 0 Å². The highest BCUT2D eigenvalue weighted by atomic mass is 19.1. The second-order valence-electron chi connectivity index (χ2n) is 12.7. The monoisotopic (exact) mass is 602 g/mol. The SMILES string of the molecule is O=C(CN1CCC(O[C@H]2C[C@@H]3CC2CN3)CC1)N1CCN(C(=O)c2cc(Cc3n[nH]c(=O)c4ccccc34)ccc2F)CC1. The van der Waals surface area contributed by atoms with Crippen LogP contribution in [0.2, 0.25) is 0 Å². The van der Waals surface area contributed by atoms with E-state index in [2.05, 4.69) is 20.4 Å². The molecular formula is C33H39FN6O4. The van der Waals surface area contributed by atoms with Crippen molar-refractivity contribution >= 4 is 22.6 Å². The lowest BCUT2D eigenvalue weighted by molar-refractivity contribution is -0.135. The molecule has 2 aromatic carbocycles. The summed E-state index contributed by atoms with van der Waals surface area (Å²) in [6.45, 7) is 4.73. The summed E-state index contributed by atoms with van der Waals surface area (Å²) in [6, 6.07) is 12.3. The minimum Gasteiger partial charge on any atom is -0.374 e. The first-order chi connectivity index (χ1) is 21.4. The summed E-state index contributed by atoms with van der Waals surface area (Å²) < 4.78 is 21.3. The topological polar surface area (TPSA) is 111 Å². The average Bonchev–Trinajstić information content (AvgIpc) is 3.68. The van der Waals surface area contributed by atoms with E-state index >= 15 is 0 Å². The normalized spacial score (nSPS) is 24.3. The van der Waals surface area contributed by atoms with E-state index in [0.717, 1.165) is 49.8 Å². The van der Waals surface area contributed by atoms with Crippen molar-refractivity contribution in [2.45, 2.75) is 50.4 Å². The van der Waals surface area contributed by atoms with Crippen molar-refractivity contribution in [2.75, 3.05) is 52.4 Å². The Morgan fingerprint density at radius 1 is 0.955 bits per heavy atom. The van der Waals surface area contributed by atoms with E-state index < -0.39 is 5.82 Å². The lowest BCUT2D eigenvalue weighted by Crippen LogP contribution is -2.53. The van der Waals surface area contributed by atoms with Gasteiger partial charge in [-0.25, -0.2) is 9.49 Å². The molecule has 1 aromatic heterocycles. The molecule has 4 fully saturated rings. The molecular weight excluding hydrogens is 563 g/mol. The molecule has 1 saturated carbocycles. The molecule has 3 aromatic rings. The fourth-order valence-corrected chi connectivity index (χ4v) is 7.37. The zero-order chi connectivity index (χ0) is 30.2. The van der Waals surface area contributed by atoms with E-state index in [0.29, 0.717) is 68.3 Å². The molecule has 2 bridgehead atoms. The Labute approximate surface area is 255 Å². The number of fused-ring (bicyclic) bond motifs is 3. The first-order valence-electron chi connectivity index (χ1n) is 15.8. The number of ether oxygens (including phenoxy) is 1. The molecule has 10 nitrogen and oxygen atoms in total. The number of aromatic nitrogens is 2. The van der Waals surface area contributed by atoms with Gasteiger partial charge in [0.1, 0.15) is 5.82 Å². The lowest BCUT2D eigenvalue weighted by Gasteiger charge is -2.38. The molecule has 232 valence electrons. The first-order valence-corrected chi connectivity index (χ1v) is 15.8. The zero-order valence-electron chi connectivity index (χ0n) is 24.8. The number of hydrogen-bond donors (Lipinski definition) is 2. The molecule has 4 heterocycles. The molecule has 7 rings (SSSR count). The van der Waals surface area contributed by atoms with Crippen LogP contribution >= 0.6 is 0 Å². The van der Waals surface area contributed by atoms with Crippen molar-refractivity contribution < 1.29 is 18.7 Å². The smallest absolute Gasteiger partial charge is 0.272 e. The third-order valence-electron chi connectivity index (χ3n) is 9.89. The van der Waals surface area contributed by atoms with E-state index in [4.69, 9.17) is 4.74 Å². The number of aromatic amines is 1. The maximum atomic E-state index is 14.9. The largest absolute Gasteiger partial charge is 0.374 e. The van der Waals surface area contributed by atoms with Crippen molar-refractivity contribution in [3.8, 4) is 0 Å². The number of nitrogens with one attached hydrogen (secondary N) is 2. The molecule has 44 heavy (non-hydrogen) atoms. The molecule has 3 atom stereocenters. The van der Waals surface area contributed by atoms with Gasteiger partial charge in [-0.1, -0.05) is 24.3 Å². The highest BCUT2D eigenvalue weighted by Gasteiger charge is 2.41. The predicted molar refractivity (Wildman–Crippen MR) is 163 cm³/mol. The number of carbonyl (C=O) groups excluding carboxylic acids is 2. The van der Waals surface area contributed by atoms with Gasteiger partial charge in [0.15, 0.2) is 0 Å². The second-order valence-corrected chi connectivity index (χ2v) is 12.7. The number of hydrogen-bond acceptors (Lipinski definition) is 7. The number of nitrogens with zero attached hydrogens (tertiary/aromatic N) is 4. The molecule has 0 radical (unpaired) electrons. The Morgan fingerprint density at radius 3 is 2.43 bits per heavy atom. The fourth-order valence-electron chi connectivity index (χ4n) is 7.37. The number of piperazine rings is 1. The minimum absolute atomic E-state index is 0.00259. The third-order valence-corrected chi connectivity index (χ3v) is 9.89. The van der Waals surface area contributed by atoms with Gasteiger partial charge in [0.2, 0.25) is 5.91 Å². The van der Waals surface area contributed by atoms with Crippen LogP contribution in [0.15, 0.2) is 47.3 Å². The van der Waals surface area contributed by atoms with Crippen LogP contribution in [0.4, 0.5) is 4.39 Å². The van der Waals surface area contributed by atoms with Crippen LogP contribution in [0.25, 0.3) is 10.8 Å². The Morgan fingerprint density at radius 2 is 1.70 bits per heavy atom. The number of H-pyrrole nitrogens is 1. The highest BCUT2D eigenvalue weighted by molar-refractivity contribution is 5.95. The minimum atomic E-state index is -0.582. The summed E-state index contributed by atoms with van der Waals surface area (Å²) in [5, 5.41) is 11.5. The van der Waals surface area contributed by atoms with E-state index in [1.807, 2.05) is 17.0 Å². The van der Waals surface area contributed by atoms with E-state index in [9.17, 15) is 18.8 Å². The van der Waals surface area contributed by atoms with Crippen molar-refractivity contribution in [3.63, 3.8) is 0 Å². The van der Waals surface area contributed by atoms with Crippen LogP contribution < -0.4 is 10.9 Å². The van der Waals surface area contributed by atoms with E-state index in [-0.39, 0.29) is 29.0 Å². The van der Waals surface area contributed by atoms with Gasteiger partial charge >= 0.3 is 0 Å². The Bertz CT molecular complexity index is 1600. The van der Waals surface area contributed by atoms with Gasteiger partial charge in [-0.3, -0.25) is 19.3 Å². The Kier molecular flexibility index (Phi) is 8.17. The summed E-state index contributed by atoms with van der Waals surface area (Å²) in [6.07, 6.45) is 5.29. The number of rotatable bonds is 7. The van der Waals surface area contributed by atoms with Gasteiger partial charge in [0.25, 0.3) is 11.5 Å². The van der Waals surface area contributed by atoms with Crippen molar-refractivity contribution in [1.82, 2.24) is 30.2 Å². The molecule has 1 unspecified atom stereocenters. The average molecular weight is 603 g/mol. The summed E-state index contributed by atoms with van der Waals surface area (Å²) in [4.78, 5) is 44.3. The predicted octanol–water partition coefficient (Wildman–Crippen LogP) is 2.17. The highest BCUT2D eigenvalue weighted by Crippen LogP contribution is 2.35. The maximum absolute atomic E-state index is 14.9. The summed E-state index contributed by atoms with van der Waals surface area (Å²) in [5.41, 5.74) is 1.10. The van der Waals surface area contributed by atoms with E-state index in [1.165, 1.54) is 12.5 Å². The van der Waals surface area contributed by atoms with Crippen LogP contribution in [-0.4, -0.2) is 107 Å². The maximum Gasteiger partial charge on any atom is 0.272 e. The molecule has 2 N–H and O–H groups in total. The van der Waals surface area contributed by atoms with E-state index in [1.54, 1.807) is 29.2 Å². The molecule has 3 saturated heterocycles. The molecule has 1 aliphatic carbocycles. The second kappa shape index (κ2) is 12.4. The van der Waals surface area contributed by atoms with Crippen LogP contribution in [0.5, 0.6) is 0 Å². The van der Waals surface area contributed by atoms with Gasteiger partial charge in [-0.2, -0.15) is 5.10 Å². The molecule has 3 aliphatic heterocycles. The number of amides is 2. The van der Waals surface area contributed by atoms with Crippen LogP contribution in [0, 0.1) is 11.7 Å². The zero-order valence-corrected chi connectivity index (χ0v) is 24.8. The number of piperidine rings is 2. The van der Waals surface area contributed by atoms with Gasteiger partial charge in [-0.15, -0.1) is 0 Å². The molecule has 4 aliphatic rings. The van der Waals surface area contributed by atoms with Gasteiger partial charge in [0, 0.05) is 63.7 Å². The van der Waals surface area contributed by atoms with Gasteiger partial charge < -0.3 is 19.9 Å². The lowest BCUT2D eigenvalue weighted by atomic mass is 10.0. The number of likely N-dealkylation sites (tertiary alicyclic amines) is 1. The molecule has 0 spiro atoms. The summed E-state index contributed by atoms with van der Waals surface area (Å²) in [5.74, 6) is -0.236. The Hall–Kier alpha value is -3.67. The van der Waals surface area contributed by atoms with Gasteiger partial charge in [0.05, 0.1) is 35.4 Å². The van der Waals surface area contributed by atoms with Gasteiger partial charge in [-0.05, 0) is 55.4 Å². The van der Waals surface area contributed by atoms with Crippen LogP contribution in [-0.2, 0) is 16.0 Å². The quantitative estimate of drug-likeness (QED) is 0.427. The number of benzene rings is 2.